The van der Waals surface area contributed by atoms with E-state index in [1.165, 1.54) is 17.5 Å². The van der Waals surface area contributed by atoms with Crippen molar-refractivity contribution in [2.75, 3.05) is 5.32 Å². The van der Waals surface area contributed by atoms with Gasteiger partial charge < -0.3 is 5.32 Å². The summed E-state index contributed by atoms with van der Waals surface area (Å²) in [5, 5.41) is 3.43. The number of anilines is 2. The second-order valence-corrected chi connectivity index (χ2v) is 8.24. The van der Waals surface area contributed by atoms with Gasteiger partial charge >= 0.3 is 5.69 Å². The molecule has 0 bridgehead atoms. The Morgan fingerprint density at radius 1 is 1.15 bits per heavy atom. The van der Waals surface area contributed by atoms with E-state index in [9.17, 15) is 4.79 Å². The summed E-state index contributed by atoms with van der Waals surface area (Å²) in [5.74, 6) is 2.50. The Morgan fingerprint density at radius 2 is 1.89 bits per heavy atom. The smallest absolute Gasteiger partial charge is 0.339 e. The molecule has 0 saturated heterocycles. The van der Waals surface area contributed by atoms with Gasteiger partial charge in [-0.15, -0.1) is 0 Å². The lowest BCUT2D eigenvalue weighted by Crippen LogP contribution is -2.29. The lowest BCUT2D eigenvalue weighted by Gasteiger charge is -2.22. The van der Waals surface area contributed by atoms with Crippen molar-refractivity contribution in [1.82, 2.24) is 9.55 Å². The van der Waals surface area contributed by atoms with Crippen LogP contribution in [-0.2, 0) is 6.42 Å². The van der Waals surface area contributed by atoms with Gasteiger partial charge in [-0.2, -0.15) is 4.98 Å². The van der Waals surface area contributed by atoms with Crippen molar-refractivity contribution < 1.29 is 0 Å². The predicted molar refractivity (Wildman–Crippen MR) is 113 cm³/mol. The van der Waals surface area contributed by atoms with Crippen LogP contribution in [0.3, 0.4) is 0 Å². The van der Waals surface area contributed by atoms with Crippen LogP contribution in [0.1, 0.15) is 63.3 Å². The first-order chi connectivity index (χ1) is 12.9. The van der Waals surface area contributed by atoms with Gasteiger partial charge in [-0.05, 0) is 55.6 Å². The minimum Gasteiger partial charge on any atom is -0.339 e. The first-order valence-corrected chi connectivity index (χ1v) is 10.3. The molecule has 4 unspecified atom stereocenters. The summed E-state index contributed by atoms with van der Waals surface area (Å²) >= 11 is 0. The van der Waals surface area contributed by atoms with E-state index in [4.69, 9.17) is 0 Å². The van der Waals surface area contributed by atoms with Crippen molar-refractivity contribution in [3.8, 4) is 0 Å². The second kappa shape index (κ2) is 7.87. The van der Waals surface area contributed by atoms with Gasteiger partial charge in [0.2, 0.25) is 0 Å². The summed E-state index contributed by atoms with van der Waals surface area (Å²) in [5.41, 5.74) is 4.35. The maximum Gasteiger partial charge on any atom is 0.349 e. The fraction of sp³-hybridized carbons (Fsp3) is 0.565. The summed E-state index contributed by atoms with van der Waals surface area (Å²) < 4.78 is 1.88. The number of aromatic nitrogens is 2. The highest BCUT2D eigenvalue weighted by molar-refractivity contribution is 5.66. The molecular weight excluding hydrogens is 334 g/mol. The van der Waals surface area contributed by atoms with Gasteiger partial charge in [-0.1, -0.05) is 52.3 Å². The summed E-state index contributed by atoms with van der Waals surface area (Å²) in [4.78, 5) is 17.3. The highest BCUT2D eigenvalue weighted by Crippen LogP contribution is 2.45. The Kier molecular flexibility index (Phi) is 5.73. The van der Waals surface area contributed by atoms with Crippen LogP contribution >= 0.6 is 0 Å². The van der Waals surface area contributed by atoms with Crippen molar-refractivity contribution in [2.24, 2.45) is 17.8 Å². The Labute approximate surface area is 163 Å². The topological polar surface area (TPSA) is 46.9 Å². The molecule has 4 heteroatoms. The summed E-state index contributed by atoms with van der Waals surface area (Å²) in [6, 6.07) is 6.54. The second-order valence-electron chi connectivity index (χ2n) is 8.24. The number of nitrogens with one attached hydrogen (secondary N) is 1. The molecule has 2 aromatic rings. The van der Waals surface area contributed by atoms with Crippen LogP contribution in [0.15, 0.2) is 29.2 Å². The number of para-hydroxylation sites is 1. The highest BCUT2D eigenvalue weighted by atomic mass is 16.1. The van der Waals surface area contributed by atoms with E-state index in [0.29, 0.717) is 23.6 Å². The number of benzene rings is 1. The Balaban J connectivity index is 1.94. The van der Waals surface area contributed by atoms with E-state index < -0.39 is 0 Å². The van der Waals surface area contributed by atoms with Gasteiger partial charge in [0.05, 0.1) is 0 Å². The van der Waals surface area contributed by atoms with Crippen molar-refractivity contribution in [2.45, 2.75) is 66.8 Å². The number of hydrogen-bond acceptors (Lipinski definition) is 3. The first-order valence-electron chi connectivity index (χ1n) is 10.3. The van der Waals surface area contributed by atoms with Crippen LogP contribution in [0.2, 0.25) is 0 Å². The van der Waals surface area contributed by atoms with Gasteiger partial charge in [-0.25, -0.2) is 4.79 Å². The Bertz CT molecular complexity index is 870. The van der Waals surface area contributed by atoms with Crippen molar-refractivity contribution >= 4 is 11.5 Å². The minimum absolute atomic E-state index is 0.143. The van der Waals surface area contributed by atoms with E-state index in [0.717, 1.165) is 24.1 Å². The third kappa shape index (κ3) is 3.67. The molecular formula is C23H33N3O. The number of nitrogens with zero attached hydrogens (tertiary/aromatic N) is 2. The van der Waals surface area contributed by atoms with Crippen LogP contribution in [0.4, 0.5) is 11.5 Å². The Hall–Kier alpha value is -2.10. The highest BCUT2D eigenvalue weighted by Gasteiger charge is 2.38. The molecule has 27 heavy (non-hydrogen) atoms. The lowest BCUT2D eigenvalue weighted by molar-refractivity contribution is 0.320. The zero-order chi connectivity index (χ0) is 19.7. The average molecular weight is 368 g/mol. The molecule has 1 aromatic carbocycles. The van der Waals surface area contributed by atoms with Gasteiger partial charge in [-0.3, -0.25) is 4.57 Å². The third-order valence-corrected chi connectivity index (χ3v) is 6.72. The van der Waals surface area contributed by atoms with Gasteiger partial charge in [0.25, 0.3) is 0 Å². The van der Waals surface area contributed by atoms with Crippen LogP contribution in [0, 0.1) is 31.6 Å². The van der Waals surface area contributed by atoms with Gasteiger partial charge in [0, 0.05) is 23.5 Å². The normalized spacial score (nSPS) is 25.0. The minimum atomic E-state index is -0.143. The van der Waals surface area contributed by atoms with Gasteiger partial charge in [0.15, 0.2) is 0 Å². The molecule has 4 nitrogen and oxygen atoms in total. The van der Waals surface area contributed by atoms with E-state index in [-0.39, 0.29) is 11.7 Å². The van der Waals surface area contributed by atoms with E-state index in [1.807, 2.05) is 17.7 Å². The molecule has 1 aromatic heterocycles. The maximum absolute atomic E-state index is 12.9. The molecule has 146 valence electrons. The van der Waals surface area contributed by atoms with E-state index in [1.54, 1.807) is 0 Å². The fourth-order valence-electron chi connectivity index (χ4n) is 4.68. The lowest BCUT2D eigenvalue weighted by atomic mass is 9.90. The first kappa shape index (κ1) is 19.7. The third-order valence-electron chi connectivity index (χ3n) is 6.72. The zero-order valence-electron chi connectivity index (χ0n) is 17.5. The molecule has 0 aliphatic heterocycles. The monoisotopic (exact) mass is 367 g/mol. The van der Waals surface area contributed by atoms with Crippen LogP contribution in [0.25, 0.3) is 0 Å². The van der Waals surface area contributed by atoms with Crippen molar-refractivity contribution in [3.05, 3.63) is 51.6 Å². The summed E-state index contributed by atoms with van der Waals surface area (Å²) in [7, 11) is 0. The number of aryl methyl sites for hydroxylation is 3. The summed E-state index contributed by atoms with van der Waals surface area (Å²) in [6.45, 7) is 13.1. The molecule has 0 radical (unpaired) electrons. The van der Waals surface area contributed by atoms with E-state index in [2.05, 4.69) is 63.1 Å². The number of rotatable bonds is 5. The molecule has 0 amide bonds. The molecule has 3 rings (SSSR count). The molecule has 1 fully saturated rings. The molecule has 1 heterocycles. The van der Waals surface area contributed by atoms with Gasteiger partial charge in [0.1, 0.15) is 5.82 Å². The summed E-state index contributed by atoms with van der Waals surface area (Å²) in [6.07, 6.45) is 5.20. The largest absolute Gasteiger partial charge is 0.349 e. The molecule has 1 aliphatic carbocycles. The van der Waals surface area contributed by atoms with Crippen molar-refractivity contribution in [3.63, 3.8) is 0 Å². The molecule has 4 atom stereocenters. The quantitative estimate of drug-likeness (QED) is 0.768. The van der Waals surface area contributed by atoms with E-state index >= 15 is 0 Å². The predicted octanol–water partition coefficient (Wildman–Crippen LogP) is 5.41. The SMILES string of the molecule is CCc1cccc(C)c1Nc1nc(=O)n(C2CC(CC)C(C)C2C)cc1C. The molecule has 0 spiro atoms. The van der Waals surface area contributed by atoms with Crippen LogP contribution < -0.4 is 11.0 Å². The zero-order valence-corrected chi connectivity index (χ0v) is 17.5. The molecule has 1 saturated carbocycles. The Morgan fingerprint density at radius 3 is 2.52 bits per heavy atom. The van der Waals surface area contributed by atoms with Crippen molar-refractivity contribution in [1.29, 1.82) is 0 Å². The fourth-order valence-corrected chi connectivity index (χ4v) is 4.68. The van der Waals surface area contributed by atoms with Crippen LogP contribution in [-0.4, -0.2) is 9.55 Å². The molecule has 1 N–H and O–H groups in total. The maximum atomic E-state index is 12.9. The average Bonchev–Trinajstić information content (AvgIpc) is 2.94. The number of hydrogen-bond donors (Lipinski definition) is 1. The van der Waals surface area contributed by atoms with Crippen LogP contribution in [0.5, 0.6) is 0 Å². The molecule has 1 aliphatic rings. The standard InChI is InChI=1S/C23H33N3O/c1-7-18-11-9-10-14(3)21(18)24-22-15(4)13-26(23(27)25-22)20-12-19(8-2)16(5)17(20)6/h9-11,13,16-17,19-20H,7-8,12H2,1-6H3,(H,24,25,27).